The van der Waals surface area contributed by atoms with Crippen LogP contribution in [0.15, 0.2) is 0 Å². The molecule has 11 nitrogen and oxygen atoms in total. The zero-order valence-electron chi connectivity index (χ0n) is 27.5. The third kappa shape index (κ3) is 29.2. The van der Waals surface area contributed by atoms with Crippen molar-refractivity contribution in [3.8, 4) is 0 Å². The molecule has 44 heavy (non-hydrogen) atoms. The van der Waals surface area contributed by atoms with E-state index in [0.29, 0.717) is 6.42 Å². The van der Waals surface area contributed by atoms with Crippen molar-refractivity contribution < 1.29 is 47.8 Å². The molecule has 260 valence electrons. The topological polar surface area (TPSA) is 169 Å². The van der Waals surface area contributed by atoms with Gasteiger partial charge in [0.25, 0.3) is 0 Å². The monoisotopic (exact) mass is 651 g/mol. The minimum Gasteiger partial charge on any atom is -0.480 e. The average Bonchev–Trinajstić information content (AvgIpc) is 2.97. The number of phosphoric ester groups is 1. The zero-order chi connectivity index (χ0) is 32.9. The van der Waals surface area contributed by atoms with Crippen LogP contribution in [0.25, 0.3) is 0 Å². The van der Waals surface area contributed by atoms with E-state index in [-0.39, 0.29) is 6.42 Å². The Hall–Kier alpha value is -1.52. The van der Waals surface area contributed by atoms with Crippen molar-refractivity contribution in [2.75, 3.05) is 19.8 Å². The van der Waals surface area contributed by atoms with Gasteiger partial charge in [-0.1, -0.05) is 135 Å². The summed E-state index contributed by atoms with van der Waals surface area (Å²) >= 11 is 0. The Morgan fingerprint density at radius 3 is 1.43 bits per heavy atom. The third-order valence-corrected chi connectivity index (χ3v) is 8.38. The molecule has 0 spiro atoms. The van der Waals surface area contributed by atoms with Gasteiger partial charge in [0.2, 0.25) is 5.91 Å². The number of carbonyl (C=O) groups excluding carboxylic acids is 2. The molecule has 3 atom stereocenters. The van der Waals surface area contributed by atoms with Crippen molar-refractivity contribution in [3.63, 3.8) is 0 Å². The Labute approximate surface area is 265 Å². The van der Waals surface area contributed by atoms with Gasteiger partial charge in [0.15, 0.2) is 6.04 Å². The van der Waals surface area contributed by atoms with Gasteiger partial charge in [-0.2, -0.15) is 0 Å². The molecule has 0 saturated carbocycles. The van der Waals surface area contributed by atoms with Crippen LogP contribution < -0.4 is 5.32 Å². The van der Waals surface area contributed by atoms with Crippen LogP contribution in [0.3, 0.4) is 0 Å². The van der Waals surface area contributed by atoms with Crippen molar-refractivity contribution >= 4 is 25.7 Å². The lowest BCUT2D eigenvalue weighted by molar-refractivity contribution is -0.147. The number of hydrogen-bond acceptors (Lipinski definition) is 8. The summed E-state index contributed by atoms with van der Waals surface area (Å²) in [5.74, 6) is -2.58. The van der Waals surface area contributed by atoms with Crippen molar-refractivity contribution in [2.45, 2.75) is 167 Å². The van der Waals surface area contributed by atoms with Crippen LogP contribution in [0.5, 0.6) is 0 Å². The molecular weight excluding hydrogens is 589 g/mol. The molecule has 0 aromatic carbocycles. The molecule has 0 aromatic heterocycles. The summed E-state index contributed by atoms with van der Waals surface area (Å²) in [6, 6.07) is -1.54. The minimum atomic E-state index is -4.70. The highest BCUT2D eigenvalue weighted by molar-refractivity contribution is 7.47. The van der Waals surface area contributed by atoms with Crippen LogP contribution >= 0.6 is 7.82 Å². The van der Waals surface area contributed by atoms with E-state index in [1.807, 2.05) is 5.32 Å². The number of aliphatic hydroxyl groups excluding tert-OH is 1. The number of aliphatic carboxylic acids is 1. The molecule has 3 unspecified atom stereocenters. The molecule has 1 amide bonds. The van der Waals surface area contributed by atoms with Gasteiger partial charge in [-0.05, 0) is 6.42 Å². The molecule has 0 radical (unpaired) electrons. The molecule has 0 saturated heterocycles. The number of rotatable bonds is 32. The SMILES string of the molecule is CCCCCCCCCCCCCCCCCCCCCCCC(=O)OCC(O)COP(=O)(O)OCC(NC(C)=O)C(=O)O. The lowest BCUT2D eigenvalue weighted by Crippen LogP contribution is -2.42. The van der Waals surface area contributed by atoms with Crippen LogP contribution in [0.4, 0.5) is 0 Å². The molecule has 4 N–H and O–H groups in total. The number of aliphatic hydroxyl groups is 1. The number of carbonyl (C=O) groups is 3. The van der Waals surface area contributed by atoms with Gasteiger partial charge < -0.3 is 25.2 Å². The fourth-order valence-corrected chi connectivity index (χ4v) is 5.59. The Morgan fingerprint density at radius 1 is 0.659 bits per heavy atom. The van der Waals surface area contributed by atoms with E-state index in [1.54, 1.807) is 0 Å². The largest absolute Gasteiger partial charge is 0.480 e. The molecule has 0 rings (SSSR count). The maximum Gasteiger partial charge on any atom is 0.472 e. The summed E-state index contributed by atoms with van der Waals surface area (Å²) in [6.07, 6.45) is 25.9. The average molecular weight is 652 g/mol. The van der Waals surface area contributed by atoms with E-state index < -0.39 is 57.6 Å². The molecule has 0 aliphatic rings. The van der Waals surface area contributed by atoms with E-state index in [1.165, 1.54) is 109 Å². The van der Waals surface area contributed by atoms with Crippen molar-refractivity contribution in [2.24, 2.45) is 0 Å². The van der Waals surface area contributed by atoms with Crippen LogP contribution in [-0.4, -0.2) is 64.9 Å². The van der Waals surface area contributed by atoms with Crippen LogP contribution in [0, 0.1) is 0 Å². The van der Waals surface area contributed by atoms with E-state index >= 15 is 0 Å². The van der Waals surface area contributed by atoms with Gasteiger partial charge in [0.1, 0.15) is 12.7 Å². The third-order valence-electron chi connectivity index (χ3n) is 7.43. The molecule has 0 aromatic rings. The fourth-order valence-electron chi connectivity index (χ4n) is 4.82. The van der Waals surface area contributed by atoms with Crippen molar-refractivity contribution in [3.05, 3.63) is 0 Å². The quantitative estimate of drug-likeness (QED) is 0.0331. The Bertz CT molecular complexity index is 782. The van der Waals surface area contributed by atoms with Gasteiger partial charge in [-0.3, -0.25) is 18.6 Å². The molecule has 0 aliphatic carbocycles. The van der Waals surface area contributed by atoms with Crippen LogP contribution in [0.2, 0.25) is 0 Å². The lowest BCUT2D eigenvalue weighted by Gasteiger charge is -2.18. The maximum atomic E-state index is 11.9. The molecule has 0 bridgehead atoms. The first kappa shape index (κ1) is 42.5. The number of carboxylic acids is 1. The van der Waals surface area contributed by atoms with Gasteiger partial charge in [0.05, 0.1) is 13.2 Å². The Kier molecular flexibility index (Phi) is 27.9. The second-order valence-electron chi connectivity index (χ2n) is 11.8. The number of carboxylic acid groups (broad SMARTS) is 1. The Morgan fingerprint density at radius 2 is 1.05 bits per heavy atom. The summed E-state index contributed by atoms with van der Waals surface area (Å²) in [5.41, 5.74) is 0. The molecule has 12 heteroatoms. The minimum absolute atomic E-state index is 0.230. The molecular formula is C32H62NO10P. The maximum absolute atomic E-state index is 11.9. The van der Waals surface area contributed by atoms with E-state index in [2.05, 4.69) is 16.0 Å². The first-order valence-corrected chi connectivity index (χ1v) is 18.5. The number of unbranched alkanes of at least 4 members (excludes halogenated alkanes) is 20. The summed E-state index contributed by atoms with van der Waals surface area (Å²) in [4.78, 5) is 43.5. The van der Waals surface area contributed by atoms with E-state index in [4.69, 9.17) is 9.84 Å². The second kappa shape index (κ2) is 28.9. The summed E-state index contributed by atoms with van der Waals surface area (Å²) in [6.45, 7) is 1.46. The first-order valence-electron chi connectivity index (χ1n) is 17.0. The normalized spacial score (nSPS) is 14.1. The lowest BCUT2D eigenvalue weighted by atomic mass is 10.0. The number of amides is 1. The van der Waals surface area contributed by atoms with Crippen LogP contribution in [-0.2, 0) is 32.7 Å². The fraction of sp³-hybridized carbons (Fsp3) is 0.906. The summed E-state index contributed by atoms with van der Waals surface area (Å²) in [5, 5.41) is 20.9. The van der Waals surface area contributed by atoms with E-state index in [0.717, 1.165) is 26.2 Å². The van der Waals surface area contributed by atoms with Gasteiger partial charge >= 0.3 is 19.8 Å². The van der Waals surface area contributed by atoms with Gasteiger partial charge in [-0.25, -0.2) is 9.36 Å². The van der Waals surface area contributed by atoms with Crippen molar-refractivity contribution in [1.29, 1.82) is 0 Å². The number of nitrogens with one attached hydrogen (secondary N) is 1. The molecule has 0 fully saturated rings. The van der Waals surface area contributed by atoms with Gasteiger partial charge in [-0.15, -0.1) is 0 Å². The highest BCUT2D eigenvalue weighted by atomic mass is 31.2. The highest BCUT2D eigenvalue weighted by Crippen LogP contribution is 2.43. The smallest absolute Gasteiger partial charge is 0.472 e. The van der Waals surface area contributed by atoms with Crippen molar-refractivity contribution in [1.82, 2.24) is 5.32 Å². The standard InChI is InChI=1S/C32H62NO10P/c1-3-4-5-6-7-8-9-10-11-12-13-14-15-16-17-18-19-20-21-22-23-24-31(36)41-25-29(35)26-42-44(39,40)43-27-30(32(37)38)33-28(2)34/h29-30,35H,3-27H2,1-2H3,(H,33,34)(H,37,38)(H,39,40). The predicted octanol–water partition coefficient (Wildman–Crippen LogP) is 7.22. The predicted molar refractivity (Wildman–Crippen MR) is 171 cm³/mol. The first-order chi connectivity index (χ1) is 21.1. The number of ether oxygens (including phenoxy) is 1. The summed E-state index contributed by atoms with van der Waals surface area (Å²) in [7, 11) is -4.70. The Balaban J connectivity index is 3.56. The number of hydrogen-bond donors (Lipinski definition) is 4. The van der Waals surface area contributed by atoms with Crippen LogP contribution in [0.1, 0.15) is 155 Å². The highest BCUT2D eigenvalue weighted by Gasteiger charge is 2.28. The summed E-state index contributed by atoms with van der Waals surface area (Å²) < 4.78 is 26.0. The number of esters is 1. The molecule has 0 heterocycles. The van der Waals surface area contributed by atoms with Gasteiger partial charge in [0, 0.05) is 13.3 Å². The molecule has 0 aliphatic heterocycles. The zero-order valence-corrected chi connectivity index (χ0v) is 28.4. The second-order valence-corrected chi connectivity index (χ2v) is 13.3. The number of phosphoric acid groups is 1. The van der Waals surface area contributed by atoms with E-state index in [9.17, 15) is 28.9 Å².